The second-order valence-electron chi connectivity index (χ2n) is 8.92. The summed E-state index contributed by atoms with van der Waals surface area (Å²) >= 11 is 1.52. The number of anilines is 3. The van der Waals surface area contributed by atoms with Gasteiger partial charge in [-0.05, 0) is 42.7 Å². The molecule has 1 saturated heterocycles. The van der Waals surface area contributed by atoms with E-state index in [0.29, 0.717) is 19.6 Å². The molecule has 0 atom stereocenters. The van der Waals surface area contributed by atoms with Crippen LogP contribution in [-0.2, 0) is 17.6 Å². The molecule has 3 N–H and O–H groups in total. The molecule has 0 aliphatic carbocycles. The molecule has 1 aliphatic rings. The Kier molecular flexibility index (Phi) is 7.06. The quantitative estimate of drug-likeness (QED) is 0.395. The van der Waals surface area contributed by atoms with Crippen LogP contribution in [0.3, 0.4) is 0 Å². The van der Waals surface area contributed by atoms with Crippen molar-refractivity contribution in [1.29, 1.82) is 0 Å². The number of thiazole rings is 1. The van der Waals surface area contributed by atoms with Gasteiger partial charge in [0, 0.05) is 38.3 Å². The molecule has 0 bridgehead atoms. The number of fused-ring (bicyclic) bond motifs is 1. The second-order valence-corrected chi connectivity index (χ2v) is 9.98. The Morgan fingerprint density at radius 2 is 1.78 bits per heavy atom. The van der Waals surface area contributed by atoms with E-state index in [-0.39, 0.29) is 17.7 Å². The number of rotatable bonds is 7. The van der Waals surface area contributed by atoms with Crippen molar-refractivity contribution in [3.8, 4) is 0 Å². The van der Waals surface area contributed by atoms with E-state index >= 15 is 0 Å². The number of hydrogen-bond donors (Lipinski definition) is 2. The molecule has 1 aliphatic heterocycles. The Hall–Kier alpha value is -3.63. The van der Waals surface area contributed by atoms with Gasteiger partial charge in [-0.25, -0.2) is 14.4 Å². The molecule has 0 saturated carbocycles. The number of nitrogens with one attached hydrogen (secondary N) is 1. The number of carbonyl (C=O) groups excluding carboxylic acids is 1. The number of nitrogens with two attached hydrogens (primary N) is 1. The summed E-state index contributed by atoms with van der Waals surface area (Å²) in [6, 6.07) is 14.3. The highest BCUT2D eigenvalue weighted by atomic mass is 32.1. The minimum atomic E-state index is -0.235. The van der Waals surface area contributed by atoms with Crippen LogP contribution in [0.15, 0.2) is 48.5 Å². The van der Waals surface area contributed by atoms with Crippen LogP contribution in [0.4, 0.5) is 21.8 Å². The van der Waals surface area contributed by atoms with Crippen LogP contribution in [0.5, 0.6) is 0 Å². The number of aryl methyl sites for hydroxylation is 3. The van der Waals surface area contributed by atoms with Crippen LogP contribution in [0.2, 0.25) is 0 Å². The summed E-state index contributed by atoms with van der Waals surface area (Å²) in [5.41, 5.74) is 9.74. The van der Waals surface area contributed by atoms with Crippen LogP contribution in [0.1, 0.15) is 16.1 Å². The van der Waals surface area contributed by atoms with Crippen molar-refractivity contribution in [3.05, 3.63) is 70.5 Å². The first kappa shape index (κ1) is 24.1. The van der Waals surface area contributed by atoms with E-state index in [1.54, 1.807) is 12.1 Å². The predicted octanol–water partition coefficient (Wildman–Crippen LogP) is 3.66. The Bertz CT molecular complexity index is 1370. The van der Waals surface area contributed by atoms with E-state index in [1.165, 1.54) is 23.5 Å². The molecule has 10 heteroatoms. The molecule has 2 aromatic heterocycles. The molecule has 0 radical (unpaired) electrons. The van der Waals surface area contributed by atoms with Gasteiger partial charge in [0.15, 0.2) is 10.6 Å². The van der Waals surface area contributed by atoms with Gasteiger partial charge in [-0.2, -0.15) is 4.98 Å². The van der Waals surface area contributed by atoms with E-state index in [0.717, 1.165) is 63.9 Å². The number of aromatic nitrogens is 3. The highest BCUT2D eigenvalue weighted by Gasteiger charge is 2.24. The summed E-state index contributed by atoms with van der Waals surface area (Å²) in [6.07, 6.45) is 1.50. The first-order valence-corrected chi connectivity index (χ1v) is 12.8. The van der Waals surface area contributed by atoms with Gasteiger partial charge >= 0.3 is 0 Å². The third-order valence-corrected chi connectivity index (χ3v) is 7.31. The van der Waals surface area contributed by atoms with E-state index in [1.807, 2.05) is 31.2 Å². The van der Waals surface area contributed by atoms with Crippen LogP contribution >= 0.6 is 11.3 Å². The summed E-state index contributed by atoms with van der Waals surface area (Å²) in [7, 11) is 0. The normalized spacial score (nSPS) is 14.3. The zero-order chi connectivity index (χ0) is 25.1. The molecule has 186 valence electrons. The Labute approximate surface area is 213 Å². The lowest BCUT2D eigenvalue weighted by Crippen LogP contribution is -2.49. The van der Waals surface area contributed by atoms with E-state index < -0.39 is 0 Å². The van der Waals surface area contributed by atoms with Crippen molar-refractivity contribution >= 4 is 45.0 Å². The van der Waals surface area contributed by atoms with Gasteiger partial charge in [-0.1, -0.05) is 41.7 Å². The number of nitrogens with zero attached hydrogens (tertiary/aromatic N) is 5. The number of benzene rings is 2. The molecule has 5 rings (SSSR count). The number of halogens is 1. The van der Waals surface area contributed by atoms with Crippen LogP contribution in [0, 0.1) is 12.7 Å². The van der Waals surface area contributed by atoms with Crippen LogP contribution in [-0.4, -0.2) is 58.5 Å². The fraction of sp³-hybridized carbons (Fsp3) is 0.308. The van der Waals surface area contributed by atoms with Crippen LogP contribution in [0.25, 0.3) is 10.3 Å². The maximum Gasteiger partial charge on any atom is 0.238 e. The summed E-state index contributed by atoms with van der Waals surface area (Å²) in [5, 5.41) is 3.95. The average Bonchev–Trinajstić information content (AvgIpc) is 3.28. The molecular weight excluding hydrogens is 477 g/mol. The number of carbonyl (C=O) groups is 1. The van der Waals surface area contributed by atoms with Gasteiger partial charge in [-0.3, -0.25) is 9.69 Å². The lowest BCUT2D eigenvalue weighted by atomic mass is 10.1. The molecule has 2 aromatic carbocycles. The maximum atomic E-state index is 13.2. The average molecular weight is 506 g/mol. The summed E-state index contributed by atoms with van der Waals surface area (Å²) in [4.78, 5) is 31.4. The van der Waals surface area contributed by atoms with Crippen molar-refractivity contribution in [2.45, 2.75) is 19.8 Å². The maximum absolute atomic E-state index is 13.2. The number of amides is 1. The predicted molar refractivity (Wildman–Crippen MR) is 142 cm³/mol. The van der Waals surface area contributed by atoms with Gasteiger partial charge in [-0.15, -0.1) is 0 Å². The van der Waals surface area contributed by atoms with Gasteiger partial charge in [0.05, 0.1) is 11.6 Å². The number of piperazine rings is 1. The lowest BCUT2D eigenvalue weighted by Gasteiger charge is -2.35. The molecule has 3 heterocycles. The molecular formula is C26H28FN7OS. The number of para-hydroxylation sites is 1. The molecule has 36 heavy (non-hydrogen) atoms. The molecule has 4 aromatic rings. The topological polar surface area (TPSA) is 100 Å². The zero-order valence-corrected chi connectivity index (χ0v) is 20.9. The van der Waals surface area contributed by atoms with Crippen molar-refractivity contribution < 1.29 is 9.18 Å². The van der Waals surface area contributed by atoms with Gasteiger partial charge in [0.2, 0.25) is 11.9 Å². The third-order valence-electron chi connectivity index (χ3n) is 6.30. The van der Waals surface area contributed by atoms with Crippen molar-refractivity contribution in [3.63, 3.8) is 0 Å². The standard InChI is InChI=1S/C26H28FN7OS/c1-17-4-2-3-5-20(17)29-21(35)16-33-12-14-34(15-13-33)24-23-25(32-26(28)31-24)36-22(30-23)11-8-18-6-9-19(27)10-7-18/h2-7,9-10H,8,11-16H2,1H3,(H,29,35)(H2,28,31,32). The Balaban J connectivity index is 1.22. The second kappa shape index (κ2) is 10.5. The molecule has 1 fully saturated rings. The summed E-state index contributed by atoms with van der Waals surface area (Å²) < 4.78 is 13.2. The molecule has 8 nitrogen and oxygen atoms in total. The van der Waals surface area contributed by atoms with Crippen molar-refractivity contribution in [1.82, 2.24) is 19.9 Å². The fourth-order valence-corrected chi connectivity index (χ4v) is 5.26. The minimum absolute atomic E-state index is 0.0169. The van der Waals surface area contributed by atoms with Gasteiger partial charge < -0.3 is 16.0 Å². The van der Waals surface area contributed by atoms with E-state index in [9.17, 15) is 9.18 Å². The smallest absolute Gasteiger partial charge is 0.238 e. The molecule has 0 unspecified atom stereocenters. The zero-order valence-electron chi connectivity index (χ0n) is 20.1. The summed E-state index contributed by atoms with van der Waals surface area (Å²) in [5.74, 6) is 0.718. The van der Waals surface area contributed by atoms with Crippen molar-refractivity contribution in [2.24, 2.45) is 0 Å². The van der Waals surface area contributed by atoms with E-state index in [4.69, 9.17) is 10.7 Å². The van der Waals surface area contributed by atoms with Crippen molar-refractivity contribution in [2.75, 3.05) is 48.7 Å². The Morgan fingerprint density at radius 1 is 1.03 bits per heavy atom. The number of nitrogen functional groups attached to an aromatic ring is 1. The van der Waals surface area contributed by atoms with Gasteiger partial charge in [0.25, 0.3) is 0 Å². The minimum Gasteiger partial charge on any atom is -0.368 e. The Morgan fingerprint density at radius 3 is 2.53 bits per heavy atom. The highest BCUT2D eigenvalue weighted by Crippen LogP contribution is 2.30. The van der Waals surface area contributed by atoms with Gasteiger partial charge in [0.1, 0.15) is 11.3 Å². The van der Waals surface area contributed by atoms with Crippen LogP contribution < -0.4 is 16.0 Å². The number of hydrogen-bond acceptors (Lipinski definition) is 8. The summed E-state index contributed by atoms with van der Waals surface area (Å²) in [6.45, 7) is 5.21. The molecule has 0 spiro atoms. The first-order chi connectivity index (χ1) is 17.4. The van der Waals surface area contributed by atoms with E-state index in [2.05, 4.69) is 25.1 Å². The highest BCUT2D eigenvalue weighted by molar-refractivity contribution is 7.18. The SMILES string of the molecule is Cc1ccccc1NC(=O)CN1CCN(c2nc(N)nc3sc(CCc4ccc(F)cc4)nc23)CC1. The fourth-order valence-electron chi connectivity index (χ4n) is 4.32. The molecule has 1 amide bonds. The lowest BCUT2D eigenvalue weighted by molar-refractivity contribution is -0.117. The first-order valence-electron chi connectivity index (χ1n) is 11.9. The largest absolute Gasteiger partial charge is 0.368 e. The third kappa shape index (κ3) is 5.60. The monoisotopic (exact) mass is 505 g/mol.